The molecule has 3 nitrogen and oxygen atoms in total. The van der Waals surface area contributed by atoms with Crippen LogP contribution in [0.5, 0.6) is 5.75 Å². The van der Waals surface area contributed by atoms with E-state index in [1.807, 2.05) is 6.20 Å². The first kappa shape index (κ1) is 14.6. The van der Waals surface area contributed by atoms with Crippen LogP contribution in [-0.4, -0.2) is 10.1 Å². The average Bonchev–Trinajstić information content (AvgIpc) is 2.83. The predicted molar refractivity (Wildman–Crippen MR) is 80.2 cm³/mol. The van der Waals surface area contributed by atoms with E-state index in [0.29, 0.717) is 23.7 Å². The van der Waals surface area contributed by atoms with Crippen molar-refractivity contribution in [2.24, 2.45) is 0 Å². The molecule has 0 aliphatic heterocycles. The molecule has 19 heavy (non-hydrogen) atoms. The highest BCUT2D eigenvalue weighted by molar-refractivity contribution is 7.11. The summed E-state index contributed by atoms with van der Waals surface area (Å²) in [4.78, 5) is 5.59. The smallest absolute Gasteiger partial charge is 0.138 e. The third-order valence-corrected chi connectivity index (χ3v) is 4.30. The van der Waals surface area contributed by atoms with Gasteiger partial charge in [0.2, 0.25) is 0 Å². The Kier molecular flexibility index (Phi) is 5.05. The summed E-state index contributed by atoms with van der Waals surface area (Å²) in [6, 6.07) is 3.23. The highest BCUT2D eigenvalue weighted by Gasteiger charge is 2.08. The molecule has 0 fully saturated rings. The Balaban J connectivity index is 1.95. The summed E-state index contributed by atoms with van der Waals surface area (Å²) < 4.78 is 0. The molecule has 1 aromatic heterocycles. The number of aromatic hydroxyl groups is 1. The molecule has 102 valence electrons. The fraction of sp³-hybridized carbons (Fsp3) is 0.308. The van der Waals surface area contributed by atoms with Gasteiger partial charge in [0.05, 0.1) is 5.02 Å². The van der Waals surface area contributed by atoms with Crippen LogP contribution in [0.25, 0.3) is 0 Å². The molecule has 1 aromatic carbocycles. The fourth-order valence-corrected chi connectivity index (χ4v) is 3.02. The SMILES string of the molecule is CCc1cnc(CNCc2cc(Cl)cc(Cl)c2O)s1. The van der Waals surface area contributed by atoms with E-state index in [-0.39, 0.29) is 10.8 Å². The minimum atomic E-state index is 0.0759. The molecule has 6 heteroatoms. The minimum Gasteiger partial charge on any atom is -0.506 e. The van der Waals surface area contributed by atoms with Crippen LogP contribution in [0.15, 0.2) is 18.3 Å². The number of nitrogens with zero attached hydrogens (tertiary/aromatic N) is 1. The van der Waals surface area contributed by atoms with Gasteiger partial charge >= 0.3 is 0 Å². The Hall–Kier alpha value is -0.810. The van der Waals surface area contributed by atoms with Gasteiger partial charge in [0, 0.05) is 34.7 Å². The summed E-state index contributed by atoms with van der Waals surface area (Å²) in [6.07, 6.45) is 2.90. The molecule has 0 bridgehead atoms. The Morgan fingerprint density at radius 2 is 2.11 bits per heavy atom. The Morgan fingerprint density at radius 1 is 1.32 bits per heavy atom. The highest BCUT2D eigenvalue weighted by Crippen LogP contribution is 2.31. The number of phenols is 1. The molecular weight excluding hydrogens is 303 g/mol. The van der Waals surface area contributed by atoms with Crippen molar-refractivity contribution in [2.75, 3.05) is 0 Å². The Morgan fingerprint density at radius 3 is 2.79 bits per heavy atom. The lowest BCUT2D eigenvalue weighted by molar-refractivity contribution is 0.464. The van der Waals surface area contributed by atoms with Gasteiger partial charge in [0.1, 0.15) is 10.8 Å². The first-order chi connectivity index (χ1) is 9.10. The Labute approximate surface area is 126 Å². The molecular formula is C13H14Cl2N2OS. The van der Waals surface area contributed by atoms with Crippen LogP contribution in [0, 0.1) is 0 Å². The van der Waals surface area contributed by atoms with Gasteiger partial charge < -0.3 is 10.4 Å². The van der Waals surface area contributed by atoms with Crippen LogP contribution in [0.1, 0.15) is 22.4 Å². The van der Waals surface area contributed by atoms with E-state index in [2.05, 4.69) is 17.2 Å². The van der Waals surface area contributed by atoms with Crippen LogP contribution in [-0.2, 0) is 19.5 Å². The molecule has 1 heterocycles. The lowest BCUT2D eigenvalue weighted by Crippen LogP contribution is -2.12. The topological polar surface area (TPSA) is 45.2 Å². The molecule has 2 aromatic rings. The first-order valence-electron chi connectivity index (χ1n) is 5.91. The largest absolute Gasteiger partial charge is 0.506 e. The first-order valence-corrected chi connectivity index (χ1v) is 7.48. The number of rotatable bonds is 5. The molecule has 0 radical (unpaired) electrons. The molecule has 0 spiro atoms. The number of nitrogens with one attached hydrogen (secondary N) is 1. The van der Waals surface area contributed by atoms with Crippen LogP contribution >= 0.6 is 34.5 Å². The summed E-state index contributed by atoms with van der Waals surface area (Å²) in [7, 11) is 0. The summed E-state index contributed by atoms with van der Waals surface area (Å²) in [5.41, 5.74) is 0.685. The van der Waals surface area contributed by atoms with Crippen molar-refractivity contribution < 1.29 is 5.11 Å². The molecule has 2 rings (SSSR count). The Bertz CT molecular complexity index is 572. The van der Waals surface area contributed by atoms with E-state index < -0.39 is 0 Å². The fourth-order valence-electron chi connectivity index (χ4n) is 1.65. The molecule has 0 atom stereocenters. The number of hydrogen-bond acceptors (Lipinski definition) is 4. The summed E-state index contributed by atoms with van der Waals surface area (Å²) in [5, 5.41) is 14.9. The van der Waals surface area contributed by atoms with E-state index in [0.717, 1.165) is 11.4 Å². The number of thiazole rings is 1. The number of benzene rings is 1. The van der Waals surface area contributed by atoms with Gasteiger partial charge in [0.25, 0.3) is 0 Å². The van der Waals surface area contributed by atoms with E-state index in [4.69, 9.17) is 23.2 Å². The van der Waals surface area contributed by atoms with Crippen molar-refractivity contribution >= 4 is 34.5 Å². The quantitative estimate of drug-likeness (QED) is 0.876. The number of phenolic OH excluding ortho intramolecular Hbond substituents is 1. The van der Waals surface area contributed by atoms with Gasteiger partial charge in [-0.1, -0.05) is 30.1 Å². The van der Waals surface area contributed by atoms with Crippen LogP contribution < -0.4 is 5.32 Å². The molecule has 0 saturated heterocycles. The van der Waals surface area contributed by atoms with Crippen molar-refractivity contribution in [3.05, 3.63) is 43.8 Å². The molecule has 0 unspecified atom stereocenters. The average molecular weight is 317 g/mol. The van der Waals surface area contributed by atoms with Crippen molar-refractivity contribution in [2.45, 2.75) is 26.4 Å². The zero-order valence-corrected chi connectivity index (χ0v) is 12.7. The highest BCUT2D eigenvalue weighted by atomic mass is 35.5. The zero-order chi connectivity index (χ0) is 13.8. The summed E-state index contributed by atoms with van der Waals surface area (Å²) in [5.74, 6) is 0.0759. The van der Waals surface area contributed by atoms with Gasteiger partial charge in [-0.2, -0.15) is 0 Å². The third kappa shape index (κ3) is 3.83. The molecule has 0 aliphatic carbocycles. The lowest BCUT2D eigenvalue weighted by atomic mass is 10.2. The minimum absolute atomic E-state index is 0.0759. The lowest BCUT2D eigenvalue weighted by Gasteiger charge is -2.07. The second-order valence-electron chi connectivity index (χ2n) is 4.07. The third-order valence-electron chi connectivity index (χ3n) is 2.65. The number of aromatic nitrogens is 1. The van der Waals surface area contributed by atoms with Crippen LogP contribution in [0.4, 0.5) is 0 Å². The predicted octanol–water partition coefficient (Wildman–Crippen LogP) is 4.01. The maximum atomic E-state index is 9.82. The molecule has 0 saturated carbocycles. The van der Waals surface area contributed by atoms with E-state index in [1.165, 1.54) is 10.9 Å². The van der Waals surface area contributed by atoms with E-state index in [1.54, 1.807) is 17.4 Å². The van der Waals surface area contributed by atoms with E-state index >= 15 is 0 Å². The van der Waals surface area contributed by atoms with Crippen molar-refractivity contribution in [1.29, 1.82) is 0 Å². The van der Waals surface area contributed by atoms with E-state index in [9.17, 15) is 5.11 Å². The second kappa shape index (κ2) is 6.57. The molecule has 0 aliphatic rings. The van der Waals surface area contributed by atoms with Gasteiger partial charge in [-0.25, -0.2) is 4.98 Å². The number of aryl methyl sites for hydroxylation is 1. The monoisotopic (exact) mass is 316 g/mol. The normalized spacial score (nSPS) is 10.9. The van der Waals surface area contributed by atoms with Crippen molar-refractivity contribution in [1.82, 2.24) is 10.3 Å². The standard InChI is InChI=1S/C13H14Cl2N2OS/c1-2-10-6-17-12(19-10)7-16-5-8-3-9(14)4-11(15)13(8)18/h3-4,6,16,18H,2,5,7H2,1H3. The second-order valence-corrected chi connectivity index (χ2v) is 6.12. The maximum Gasteiger partial charge on any atom is 0.138 e. The molecule has 0 amide bonds. The van der Waals surface area contributed by atoms with Gasteiger partial charge in [-0.15, -0.1) is 11.3 Å². The molecule has 2 N–H and O–H groups in total. The van der Waals surface area contributed by atoms with Gasteiger partial charge in [-0.05, 0) is 18.6 Å². The maximum absolute atomic E-state index is 9.82. The van der Waals surface area contributed by atoms with Crippen molar-refractivity contribution in [3.8, 4) is 5.75 Å². The summed E-state index contributed by atoms with van der Waals surface area (Å²) >= 11 is 13.5. The number of hydrogen-bond donors (Lipinski definition) is 2. The zero-order valence-electron chi connectivity index (χ0n) is 10.4. The van der Waals surface area contributed by atoms with Gasteiger partial charge in [-0.3, -0.25) is 0 Å². The van der Waals surface area contributed by atoms with Crippen LogP contribution in [0.2, 0.25) is 10.0 Å². The van der Waals surface area contributed by atoms with Crippen LogP contribution in [0.3, 0.4) is 0 Å². The van der Waals surface area contributed by atoms with Crippen molar-refractivity contribution in [3.63, 3.8) is 0 Å². The summed E-state index contributed by atoms with van der Waals surface area (Å²) in [6.45, 7) is 3.26. The number of halogens is 2. The van der Waals surface area contributed by atoms with Gasteiger partial charge in [0.15, 0.2) is 0 Å².